The van der Waals surface area contributed by atoms with Crippen molar-refractivity contribution in [2.24, 2.45) is 11.8 Å². The minimum absolute atomic E-state index is 0.00832. The second kappa shape index (κ2) is 5.74. The maximum absolute atomic E-state index is 11.6. The van der Waals surface area contributed by atoms with E-state index in [1.807, 2.05) is 19.9 Å². The minimum Gasteiger partial charge on any atom is -0.466 e. The Morgan fingerprint density at radius 1 is 1.67 bits per heavy atom. The predicted molar refractivity (Wildman–Crippen MR) is 61.4 cm³/mol. The molecule has 0 aromatic heterocycles. The summed E-state index contributed by atoms with van der Waals surface area (Å²) in [7, 11) is 0. The van der Waals surface area contributed by atoms with Crippen molar-refractivity contribution in [2.45, 2.75) is 33.1 Å². The molecule has 1 aliphatic carbocycles. The molecule has 0 N–H and O–H groups in total. The number of carbonyl (C=O) groups is 1. The Morgan fingerprint density at radius 3 is 2.93 bits per heavy atom. The largest absolute Gasteiger partial charge is 0.466 e. The molecule has 0 radical (unpaired) electrons. The maximum atomic E-state index is 11.6. The average molecular weight is 208 g/mol. The molecule has 2 heteroatoms. The predicted octanol–water partition coefficient (Wildman–Crippen LogP) is 3.10. The van der Waals surface area contributed by atoms with E-state index in [1.165, 1.54) is 0 Å². The summed E-state index contributed by atoms with van der Waals surface area (Å²) in [5.74, 6) is 0.488. The quantitative estimate of drug-likeness (QED) is 0.524. The summed E-state index contributed by atoms with van der Waals surface area (Å²) >= 11 is 0. The van der Waals surface area contributed by atoms with E-state index in [1.54, 1.807) is 0 Å². The van der Waals surface area contributed by atoms with Crippen molar-refractivity contribution < 1.29 is 9.53 Å². The van der Waals surface area contributed by atoms with Crippen LogP contribution in [0.2, 0.25) is 0 Å². The molecule has 1 aliphatic rings. The van der Waals surface area contributed by atoms with Gasteiger partial charge in [-0.15, -0.1) is 6.58 Å². The Kier molecular flexibility index (Phi) is 4.60. The van der Waals surface area contributed by atoms with Crippen LogP contribution in [0.4, 0.5) is 0 Å². The molecule has 0 saturated carbocycles. The number of carbonyl (C=O) groups excluding carboxylic acids is 1. The van der Waals surface area contributed by atoms with E-state index >= 15 is 0 Å². The molecule has 2 atom stereocenters. The number of allylic oxidation sites excluding steroid dienone is 2. The number of ether oxygens (including phenoxy) is 1. The van der Waals surface area contributed by atoms with Gasteiger partial charge in [0.1, 0.15) is 0 Å². The second-order valence-corrected chi connectivity index (χ2v) is 4.08. The lowest BCUT2D eigenvalue weighted by Crippen LogP contribution is -2.23. The van der Waals surface area contributed by atoms with Crippen LogP contribution < -0.4 is 0 Å². The highest BCUT2D eigenvalue weighted by atomic mass is 16.5. The van der Waals surface area contributed by atoms with Crippen molar-refractivity contribution in [3.05, 3.63) is 24.3 Å². The smallest absolute Gasteiger partial charge is 0.313 e. The Morgan fingerprint density at radius 2 is 2.40 bits per heavy atom. The fourth-order valence-corrected chi connectivity index (χ4v) is 2.13. The van der Waals surface area contributed by atoms with Crippen LogP contribution >= 0.6 is 0 Å². The van der Waals surface area contributed by atoms with Crippen molar-refractivity contribution in [1.82, 2.24) is 0 Å². The third-order valence-electron chi connectivity index (χ3n) is 2.91. The highest BCUT2D eigenvalue weighted by Gasteiger charge is 2.26. The highest BCUT2D eigenvalue weighted by Crippen LogP contribution is 2.30. The third-order valence-corrected chi connectivity index (χ3v) is 2.91. The van der Waals surface area contributed by atoms with Crippen LogP contribution in [-0.2, 0) is 9.53 Å². The van der Waals surface area contributed by atoms with Crippen LogP contribution in [0.25, 0.3) is 0 Å². The molecule has 0 fully saturated rings. The Hall–Kier alpha value is -1.05. The summed E-state index contributed by atoms with van der Waals surface area (Å²) in [5.41, 5.74) is 1.16. The topological polar surface area (TPSA) is 26.3 Å². The first-order valence-corrected chi connectivity index (χ1v) is 5.64. The zero-order valence-corrected chi connectivity index (χ0v) is 9.66. The fourth-order valence-electron chi connectivity index (χ4n) is 2.13. The summed E-state index contributed by atoms with van der Waals surface area (Å²) in [4.78, 5) is 11.6. The normalized spacial score (nSPS) is 25.6. The van der Waals surface area contributed by atoms with Gasteiger partial charge in [-0.3, -0.25) is 4.79 Å². The van der Waals surface area contributed by atoms with Crippen LogP contribution in [0.3, 0.4) is 0 Å². The number of esters is 1. The third kappa shape index (κ3) is 3.22. The summed E-state index contributed by atoms with van der Waals surface area (Å²) < 4.78 is 5.05. The molecule has 0 spiro atoms. The Bertz CT molecular complexity index is 266. The molecule has 84 valence electrons. The van der Waals surface area contributed by atoms with Gasteiger partial charge in [0, 0.05) is 0 Å². The molecule has 0 amide bonds. The zero-order chi connectivity index (χ0) is 11.3. The van der Waals surface area contributed by atoms with Crippen molar-refractivity contribution in [1.29, 1.82) is 0 Å². The van der Waals surface area contributed by atoms with Crippen molar-refractivity contribution in [3.8, 4) is 0 Å². The monoisotopic (exact) mass is 208 g/mol. The summed E-state index contributed by atoms with van der Waals surface area (Å²) in [5, 5.41) is 0. The lowest BCUT2D eigenvalue weighted by molar-refractivity contribution is -0.147. The lowest BCUT2D eigenvalue weighted by atomic mass is 9.82. The van der Waals surface area contributed by atoms with Gasteiger partial charge in [-0.25, -0.2) is 0 Å². The van der Waals surface area contributed by atoms with Gasteiger partial charge < -0.3 is 4.74 Å². The van der Waals surface area contributed by atoms with E-state index in [2.05, 4.69) is 12.7 Å². The van der Waals surface area contributed by atoms with Gasteiger partial charge in [-0.2, -0.15) is 0 Å². The first-order chi connectivity index (χ1) is 7.19. The molecular formula is C13H20O2. The highest BCUT2D eigenvalue weighted by molar-refractivity contribution is 5.75. The number of rotatable bonds is 4. The maximum Gasteiger partial charge on any atom is 0.313 e. The van der Waals surface area contributed by atoms with Crippen LogP contribution in [0.1, 0.15) is 33.1 Å². The molecule has 1 rings (SSSR count). The van der Waals surface area contributed by atoms with Gasteiger partial charge in [-0.05, 0) is 39.0 Å². The van der Waals surface area contributed by atoms with E-state index in [9.17, 15) is 4.79 Å². The van der Waals surface area contributed by atoms with E-state index in [-0.39, 0.29) is 11.9 Å². The molecule has 0 aliphatic heterocycles. The zero-order valence-electron chi connectivity index (χ0n) is 9.66. The van der Waals surface area contributed by atoms with Crippen LogP contribution in [0.15, 0.2) is 24.3 Å². The molecule has 0 bridgehead atoms. The molecule has 0 aromatic rings. The molecule has 15 heavy (non-hydrogen) atoms. The summed E-state index contributed by atoms with van der Waals surface area (Å²) in [6.45, 7) is 8.09. The van der Waals surface area contributed by atoms with Crippen molar-refractivity contribution in [2.75, 3.05) is 6.61 Å². The number of hydrogen-bond acceptors (Lipinski definition) is 2. The summed E-state index contributed by atoms with van der Waals surface area (Å²) in [6, 6.07) is 0. The van der Waals surface area contributed by atoms with E-state index in [0.29, 0.717) is 12.5 Å². The molecular weight excluding hydrogens is 188 g/mol. The summed E-state index contributed by atoms with van der Waals surface area (Å²) in [6.07, 6.45) is 7.13. The van der Waals surface area contributed by atoms with E-state index in [0.717, 1.165) is 24.8 Å². The first kappa shape index (κ1) is 12.0. The Labute approximate surface area is 92.0 Å². The van der Waals surface area contributed by atoms with Gasteiger partial charge >= 0.3 is 5.97 Å². The SMILES string of the molecule is C=CCC1C=C(C)C(C(=O)OCC)CC1. The number of hydrogen-bond donors (Lipinski definition) is 0. The molecule has 2 unspecified atom stereocenters. The standard InChI is InChI=1S/C13H20O2/c1-4-6-11-7-8-12(10(3)9-11)13(14)15-5-2/h4,9,11-12H,1,5-8H2,2-3H3. The average Bonchev–Trinajstić information content (AvgIpc) is 2.18. The van der Waals surface area contributed by atoms with Crippen molar-refractivity contribution >= 4 is 5.97 Å². The molecule has 0 heterocycles. The minimum atomic E-state index is -0.0664. The lowest BCUT2D eigenvalue weighted by Gasteiger charge is -2.25. The van der Waals surface area contributed by atoms with Crippen LogP contribution in [0, 0.1) is 11.8 Å². The Balaban J connectivity index is 2.61. The van der Waals surface area contributed by atoms with Gasteiger partial charge in [0.05, 0.1) is 12.5 Å². The van der Waals surface area contributed by atoms with Gasteiger partial charge in [0.15, 0.2) is 0 Å². The van der Waals surface area contributed by atoms with Gasteiger partial charge in [-0.1, -0.05) is 17.7 Å². The van der Waals surface area contributed by atoms with Gasteiger partial charge in [0.2, 0.25) is 0 Å². The van der Waals surface area contributed by atoms with Crippen LogP contribution in [-0.4, -0.2) is 12.6 Å². The van der Waals surface area contributed by atoms with E-state index in [4.69, 9.17) is 4.74 Å². The first-order valence-electron chi connectivity index (χ1n) is 5.64. The van der Waals surface area contributed by atoms with E-state index < -0.39 is 0 Å². The van der Waals surface area contributed by atoms with Crippen molar-refractivity contribution in [3.63, 3.8) is 0 Å². The second-order valence-electron chi connectivity index (χ2n) is 4.08. The van der Waals surface area contributed by atoms with Crippen LogP contribution in [0.5, 0.6) is 0 Å². The molecule has 0 saturated heterocycles. The molecule has 0 aromatic carbocycles. The molecule has 2 nitrogen and oxygen atoms in total. The van der Waals surface area contributed by atoms with Gasteiger partial charge in [0.25, 0.3) is 0 Å². The fraction of sp³-hybridized carbons (Fsp3) is 0.615.